The summed E-state index contributed by atoms with van der Waals surface area (Å²) >= 11 is 0. The van der Waals surface area contributed by atoms with Crippen LogP contribution in [0.1, 0.15) is 40.5 Å². The Bertz CT molecular complexity index is 356. The summed E-state index contributed by atoms with van der Waals surface area (Å²) < 4.78 is 5.25. The third-order valence-electron chi connectivity index (χ3n) is 3.21. The van der Waals surface area contributed by atoms with Gasteiger partial charge < -0.3 is 9.84 Å². The minimum Gasteiger partial charge on any atom is -0.462 e. The molecule has 1 aliphatic rings. The minimum atomic E-state index is -1.11. The van der Waals surface area contributed by atoms with Crippen molar-refractivity contribution in [1.82, 2.24) is 0 Å². The number of hydrogen-bond donors (Lipinski definition) is 1. The Hall–Kier alpha value is -1.26. The summed E-state index contributed by atoms with van der Waals surface area (Å²) in [6, 6.07) is -0.355. The molecule has 1 N–H and O–H groups in total. The largest absolute Gasteiger partial charge is 0.462 e. The molecule has 0 aliphatic carbocycles. The highest BCUT2D eigenvalue weighted by Gasteiger charge is 2.45. The lowest BCUT2D eigenvalue weighted by atomic mass is 9.86. The smallest absolute Gasteiger partial charge is 0.312 e. The average Bonchev–Trinajstić information content (AvgIpc) is 2.58. The molecule has 3 atom stereocenters. The molecule has 0 aromatic heterocycles. The van der Waals surface area contributed by atoms with E-state index in [1.807, 2.05) is 13.8 Å². The zero-order valence-corrected chi connectivity index (χ0v) is 11.3. The topological polar surface area (TPSA) is 95.3 Å². The number of nitrogens with zero attached hydrogens (tertiary/aromatic N) is 3. The van der Waals surface area contributed by atoms with Crippen LogP contribution in [-0.2, 0) is 9.53 Å². The Balaban J connectivity index is 2.78. The van der Waals surface area contributed by atoms with E-state index in [2.05, 4.69) is 10.0 Å². The predicted octanol–water partition coefficient (Wildman–Crippen LogP) is 2.41. The summed E-state index contributed by atoms with van der Waals surface area (Å²) in [5, 5.41) is 13.6. The molecule has 0 amide bonds. The second-order valence-electron chi connectivity index (χ2n) is 5.82. The van der Waals surface area contributed by atoms with Gasteiger partial charge in [-0.25, -0.2) is 0 Å². The summed E-state index contributed by atoms with van der Waals surface area (Å²) in [6.45, 7) is 7.22. The first-order valence-electron chi connectivity index (χ1n) is 6.22. The van der Waals surface area contributed by atoms with Crippen LogP contribution in [0.2, 0.25) is 0 Å². The van der Waals surface area contributed by atoms with Gasteiger partial charge in [-0.1, -0.05) is 19.0 Å². The van der Waals surface area contributed by atoms with Gasteiger partial charge in [0.2, 0.25) is 0 Å². The van der Waals surface area contributed by atoms with Crippen molar-refractivity contribution in [3.63, 3.8) is 0 Å². The van der Waals surface area contributed by atoms with Crippen LogP contribution in [0, 0.1) is 11.8 Å². The lowest BCUT2D eigenvalue weighted by Crippen LogP contribution is -2.34. The van der Waals surface area contributed by atoms with Crippen LogP contribution in [0.25, 0.3) is 10.4 Å². The van der Waals surface area contributed by atoms with Gasteiger partial charge >= 0.3 is 5.97 Å². The summed E-state index contributed by atoms with van der Waals surface area (Å²) in [4.78, 5) is 14.5. The zero-order valence-electron chi connectivity index (χ0n) is 11.3. The average molecular weight is 255 g/mol. The van der Waals surface area contributed by atoms with Crippen LogP contribution in [0.4, 0.5) is 0 Å². The summed E-state index contributed by atoms with van der Waals surface area (Å²) in [5.74, 6) is -0.610. The lowest BCUT2D eigenvalue weighted by Gasteiger charge is -2.22. The Morgan fingerprint density at radius 3 is 2.61 bits per heavy atom. The van der Waals surface area contributed by atoms with Gasteiger partial charge in [0.15, 0.2) is 0 Å². The highest BCUT2D eigenvalue weighted by molar-refractivity contribution is 5.76. The molecular weight excluding hydrogens is 234 g/mol. The van der Waals surface area contributed by atoms with E-state index in [0.717, 1.165) is 0 Å². The second-order valence-corrected chi connectivity index (χ2v) is 5.82. The van der Waals surface area contributed by atoms with E-state index in [-0.39, 0.29) is 6.04 Å². The molecule has 0 radical (unpaired) electrons. The van der Waals surface area contributed by atoms with E-state index in [0.29, 0.717) is 18.8 Å². The lowest BCUT2D eigenvalue weighted by molar-refractivity contribution is -0.149. The molecule has 6 heteroatoms. The molecule has 0 unspecified atom stereocenters. The molecule has 1 rings (SSSR count). The van der Waals surface area contributed by atoms with Gasteiger partial charge in [-0.05, 0) is 31.7 Å². The number of aliphatic hydroxyl groups is 1. The van der Waals surface area contributed by atoms with Crippen LogP contribution < -0.4 is 0 Å². The van der Waals surface area contributed by atoms with Crippen molar-refractivity contribution in [3.05, 3.63) is 10.4 Å². The number of hydrogen-bond acceptors (Lipinski definition) is 4. The molecule has 0 saturated carbocycles. The molecule has 1 fully saturated rings. The van der Waals surface area contributed by atoms with Crippen LogP contribution in [-0.4, -0.2) is 28.8 Å². The number of esters is 1. The van der Waals surface area contributed by atoms with Crippen molar-refractivity contribution in [2.45, 2.75) is 58.3 Å². The van der Waals surface area contributed by atoms with Gasteiger partial charge in [-0.2, -0.15) is 0 Å². The van der Waals surface area contributed by atoms with E-state index in [9.17, 15) is 9.90 Å². The number of ether oxygens (including phenoxy) is 1. The van der Waals surface area contributed by atoms with Crippen molar-refractivity contribution in [2.24, 2.45) is 17.0 Å². The maximum absolute atomic E-state index is 11.7. The van der Waals surface area contributed by atoms with E-state index >= 15 is 0 Å². The van der Waals surface area contributed by atoms with Crippen molar-refractivity contribution in [1.29, 1.82) is 0 Å². The van der Waals surface area contributed by atoms with Crippen molar-refractivity contribution >= 4 is 5.97 Å². The van der Waals surface area contributed by atoms with Crippen LogP contribution in [0.3, 0.4) is 0 Å². The number of azide groups is 1. The second kappa shape index (κ2) is 5.59. The van der Waals surface area contributed by atoms with Crippen molar-refractivity contribution in [3.8, 4) is 0 Å². The normalized spacial score (nSPS) is 25.8. The number of rotatable bonds is 5. The molecule has 6 nitrogen and oxygen atoms in total. The molecular formula is C12H21N3O3. The maximum Gasteiger partial charge on any atom is 0.312 e. The van der Waals surface area contributed by atoms with E-state index in [1.54, 1.807) is 13.8 Å². The minimum absolute atomic E-state index is 0.348. The molecule has 0 spiro atoms. The summed E-state index contributed by atoms with van der Waals surface area (Å²) in [6.07, 6.45) is 0.645. The fourth-order valence-electron chi connectivity index (χ4n) is 2.24. The molecule has 1 heterocycles. The van der Waals surface area contributed by atoms with Gasteiger partial charge in [0.1, 0.15) is 6.10 Å². The van der Waals surface area contributed by atoms with Crippen molar-refractivity contribution in [2.75, 3.05) is 0 Å². The molecule has 0 aromatic rings. The molecule has 0 bridgehead atoms. The van der Waals surface area contributed by atoms with Gasteiger partial charge in [-0.3, -0.25) is 4.79 Å². The Kier molecular flexibility index (Phi) is 4.59. The number of carbonyl (C=O) groups excluding carboxylic acids is 1. The summed E-state index contributed by atoms with van der Waals surface area (Å²) in [7, 11) is 0. The maximum atomic E-state index is 11.7. The van der Waals surface area contributed by atoms with Crippen molar-refractivity contribution < 1.29 is 14.6 Å². The van der Waals surface area contributed by atoms with Crippen LogP contribution >= 0.6 is 0 Å². The first kappa shape index (κ1) is 14.8. The van der Waals surface area contributed by atoms with Gasteiger partial charge in [0.25, 0.3) is 0 Å². The van der Waals surface area contributed by atoms with Gasteiger partial charge in [0, 0.05) is 11.3 Å². The fourth-order valence-corrected chi connectivity index (χ4v) is 2.24. The standard InChI is InChI=1S/C12H21N3O3/c1-7(2)5-9(14-15-13)10-6-8(11(16)18-10)12(3,4)17/h7-10,17H,5-6H2,1-4H3/t8-,9+,10+/m1/s1. The van der Waals surface area contributed by atoms with Gasteiger partial charge in [-0.15, -0.1) is 0 Å². The number of carbonyl (C=O) groups is 1. The summed E-state index contributed by atoms with van der Waals surface area (Å²) in [5.41, 5.74) is 7.46. The highest BCUT2D eigenvalue weighted by atomic mass is 16.6. The molecule has 18 heavy (non-hydrogen) atoms. The highest BCUT2D eigenvalue weighted by Crippen LogP contribution is 2.34. The zero-order chi connectivity index (χ0) is 13.9. The molecule has 0 aromatic carbocycles. The van der Waals surface area contributed by atoms with Crippen LogP contribution in [0.5, 0.6) is 0 Å². The SMILES string of the molecule is CC(C)C[C@H](N=[N+]=[N-])[C@@H]1C[C@@H](C(C)(C)O)C(=O)O1. The first-order chi connectivity index (χ1) is 8.25. The Morgan fingerprint density at radius 2 is 2.22 bits per heavy atom. The van der Waals surface area contributed by atoms with Gasteiger partial charge in [0.05, 0.1) is 17.6 Å². The van der Waals surface area contributed by atoms with E-state index in [4.69, 9.17) is 10.3 Å². The van der Waals surface area contributed by atoms with E-state index in [1.165, 1.54) is 0 Å². The monoisotopic (exact) mass is 255 g/mol. The van der Waals surface area contributed by atoms with Crippen LogP contribution in [0.15, 0.2) is 5.11 Å². The Morgan fingerprint density at radius 1 is 1.61 bits per heavy atom. The first-order valence-corrected chi connectivity index (χ1v) is 6.22. The Labute approximate surface area is 107 Å². The number of cyclic esters (lactones) is 1. The molecule has 1 saturated heterocycles. The predicted molar refractivity (Wildman–Crippen MR) is 66.7 cm³/mol. The quantitative estimate of drug-likeness (QED) is 0.353. The third kappa shape index (κ3) is 3.62. The molecule has 1 aliphatic heterocycles. The fraction of sp³-hybridized carbons (Fsp3) is 0.917. The molecule has 102 valence electrons. The third-order valence-corrected chi connectivity index (χ3v) is 3.21. The van der Waals surface area contributed by atoms with E-state index < -0.39 is 23.6 Å².